The lowest BCUT2D eigenvalue weighted by atomic mass is 10.3. The number of nitrogens with zero attached hydrogens (tertiary/aromatic N) is 2. The van der Waals surface area contributed by atoms with E-state index in [1.54, 1.807) is 7.05 Å². The Balaban J connectivity index is 3.18. The van der Waals surface area contributed by atoms with E-state index in [0.717, 1.165) is 0 Å². The zero-order valence-corrected chi connectivity index (χ0v) is 6.44. The highest BCUT2D eigenvalue weighted by molar-refractivity contribution is 5.98. The van der Waals surface area contributed by atoms with E-state index in [2.05, 4.69) is 4.98 Å². The fourth-order valence-corrected chi connectivity index (χ4v) is 0.879. The number of carbonyl (C=O) groups excluding carboxylic acids is 2. The minimum atomic E-state index is -0.530. The van der Waals surface area contributed by atoms with E-state index >= 15 is 0 Å². The quantitative estimate of drug-likeness (QED) is 0.252. The lowest BCUT2D eigenvalue weighted by molar-refractivity contribution is 0.0939. The number of hydrazine groups is 1. The summed E-state index contributed by atoms with van der Waals surface area (Å²) in [6.45, 7) is 0. The van der Waals surface area contributed by atoms with Crippen LogP contribution in [0.5, 0.6) is 0 Å². The van der Waals surface area contributed by atoms with Crippen molar-refractivity contribution in [1.29, 1.82) is 0 Å². The van der Waals surface area contributed by atoms with Crippen LogP contribution in [-0.2, 0) is 7.05 Å². The van der Waals surface area contributed by atoms with Crippen molar-refractivity contribution in [2.75, 3.05) is 0 Å². The summed E-state index contributed by atoms with van der Waals surface area (Å²) < 4.78 is 1.42. The van der Waals surface area contributed by atoms with Crippen LogP contribution in [0, 0.1) is 0 Å². The Morgan fingerprint density at radius 1 is 1.83 bits per heavy atom. The molecular weight excluding hydrogens is 160 g/mol. The molecule has 1 rings (SSSR count). The first kappa shape index (κ1) is 8.41. The summed E-state index contributed by atoms with van der Waals surface area (Å²) in [7, 11) is 1.60. The van der Waals surface area contributed by atoms with Gasteiger partial charge < -0.3 is 4.57 Å². The van der Waals surface area contributed by atoms with Crippen LogP contribution in [-0.4, -0.2) is 21.7 Å². The Kier molecular flexibility index (Phi) is 2.20. The average Bonchev–Trinajstić information content (AvgIpc) is 2.45. The highest BCUT2D eigenvalue weighted by Gasteiger charge is 2.14. The van der Waals surface area contributed by atoms with Crippen molar-refractivity contribution in [3.05, 3.63) is 17.7 Å². The van der Waals surface area contributed by atoms with Crippen LogP contribution in [0.15, 0.2) is 6.33 Å². The molecule has 1 amide bonds. The maximum absolute atomic E-state index is 11.0. The maximum atomic E-state index is 11.0. The number of hydrogen-bond donors (Lipinski definition) is 2. The van der Waals surface area contributed by atoms with Crippen LogP contribution in [0.1, 0.15) is 21.0 Å². The Hall–Kier alpha value is -1.69. The normalized spacial score (nSPS) is 9.50. The molecule has 0 unspecified atom stereocenters. The van der Waals surface area contributed by atoms with E-state index in [9.17, 15) is 9.59 Å². The van der Waals surface area contributed by atoms with E-state index in [4.69, 9.17) is 5.84 Å². The molecule has 0 bridgehead atoms. The summed E-state index contributed by atoms with van der Waals surface area (Å²) in [5, 5.41) is 0. The standard InChI is InChI=1S/C6H8N4O2/c1-10-3-8-4(2-11)5(10)6(12)9-7/h2-3H,7H2,1H3,(H,9,12). The van der Waals surface area contributed by atoms with Crippen LogP contribution < -0.4 is 11.3 Å². The van der Waals surface area contributed by atoms with Gasteiger partial charge in [-0.05, 0) is 0 Å². The molecule has 1 heterocycles. The molecule has 1 aromatic rings. The van der Waals surface area contributed by atoms with E-state index in [1.807, 2.05) is 5.43 Å². The van der Waals surface area contributed by atoms with Gasteiger partial charge >= 0.3 is 0 Å². The van der Waals surface area contributed by atoms with Gasteiger partial charge in [-0.3, -0.25) is 15.0 Å². The maximum Gasteiger partial charge on any atom is 0.284 e. The van der Waals surface area contributed by atoms with Crippen LogP contribution >= 0.6 is 0 Å². The molecule has 64 valence electrons. The lowest BCUT2D eigenvalue weighted by Gasteiger charge is -1.99. The number of aromatic nitrogens is 2. The van der Waals surface area contributed by atoms with Crippen molar-refractivity contribution in [3.8, 4) is 0 Å². The average molecular weight is 168 g/mol. The highest BCUT2D eigenvalue weighted by Crippen LogP contribution is 2.02. The third kappa shape index (κ3) is 1.19. The van der Waals surface area contributed by atoms with Crippen LogP contribution in [0.3, 0.4) is 0 Å². The van der Waals surface area contributed by atoms with Crippen molar-refractivity contribution in [3.63, 3.8) is 0 Å². The molecule has 0 atom stereocenters. The summed E-state index contributed by atoms with van der Waals surface area (Å²) in [6, 6.07) is 0. The van der Waals surface area contributed by atoms with E-state index in [0.29, 0.717) is 6.29 Å². The molecule has 0 spiro atoms. The van der Waals surface area contributed by atoms with Gasteiger partial charge in [0.2, 0.25) is 0 Å². The predicted molar refractivity (Wildman–Crippen MR) is 40.2 cm³/mol. The second kappa shape index (κ2) is 3.14. The van der Waals surface area contributed by atoms with Crippen LogP contribution in [0.4, 0.5) is 0 Å². The zero-order chi connectivity index (χ0) is 9.14. The molecule has 0 fully saturated rings. The number of nitrogens with two attached hydrogens (primary N) is 1. The molecule has 3 N–H and O–H groups in total. The number of aryl methyl sites for hydroxylation is 1. The van der Waals surface area contributed by atoms with E-state index in [1.165, 1.54) is 10.9 Å². The Morgan fingerprint density at radius 2 is 2.50 bits per heavy atom. The van der Waals surface area contributed by atoms with Crippen LogP contribution in [0.2, 0.25) is 0 Å². The number of imidazole rings is 1. The SMILES string of the molecule is Cn1cnc(C=O)c1C(=O)NN. The lowest BCUT2D eigenvalue weighted by Crippen LogP contribution is -2.32. The predicted octanol–water partition coefficient (Wildman–Crippen LogP) is -1.16. The summed E-state index contributed by atoms with van der Waals surface area (Å²) >= 11 is 0. The van der Waals surface area contributed by atoms with Crippen molar-refractivity contribution in [2.24, 2.45) is 12.9 Å². The molecular formula is C6H8N4O2. The molecule has 0 aliphatic rings. The van der Waals surface area contributed by atoms with Gasteiger partial charge in [-0.2, -0.15) is 0 Å². The molecule has 0 aromatic carbocycles. The third-order valence-corrected chi connectivity index (χ3v) is 1.42. The molecule has 0 saturated carbocycles. The largest absolute Gasteiger partial charge is 0.329 e. The number of aldehydes is 1. The van der Waals surface area contributed by atoms with Gasteiger partial charge in [0.1, 0.15) is 11.4 Å². The molecule has 0 aliphatic heterocycles. The van der Waals surface area contributed by atoms with Gasteiger partial charge in [-0.1, -0.05) is 0 Å². The zero-order valence-electron chi connectivity index (χ0n) is 6.44. The molecule has 6 nitrogen and oxygen atoms in total. The highest BCUT2D eigenvalue weighted by atomic mass is 16.2. The Labute approximate surface area is 68.3 Å². The first-order valence-corrected chi connectivity index (χ1v) is 3.18. The molecule has 6 heteroatoms. The second-order valence-electron chi connectivity index (χ2n) is 2.18. The molecule has 0 radical (unpaired) electrons. The first-order valence-electron chi connectivity index (χ1n) is 3.18. The fraction of sp³-hybridized carbons (Fsp3) is 0.167. The van der Waals surface area contributed by atoms with Crippen molar-refractivity contribution in [2.45, 2.75) is 0 Å². The Bertz CT molecular complexity index is 317. The van der Waals surface area contributed by atoms with Crippen molar-refractivity contribution >= 4 is 12.2 Å². The van der Waals surface area contributed by atoms with Gasteiger partial charge in [0.05, 0.1) is 6.33 Å². The fourth-order valence-electron chi connectivity index (χ4n) is 0.879. The molecule has 12 heavy (non-hydrogen) atoms. The molecule has 0 aliphatic carbocycles. The van der Waals surface area contributed by atoms with Crippen LogP contribution in [0.25, 0.3) is 0 Å². The third-order valence-electron chi connectivity index (χ3n) is 1.42. The van der Waals surface area contributed by atoms with Gasteiger partial charge in [0.15, 0.2) is 6.29 Å². The number of nitrogen functional groups attached to an aromatic ring is 1. The molecule has 1 aromatic heterocycles. The topological polar surface area (TPSA) is 90.0 Å². The van der Waals surface area contributed by atoms with E-state index < -0.39 is 5.91 Å². The number of nitrogens with one attached hydrogen (secondary N) is 1. The number of rotatable bonds is 2. The molecule has 0 saturated heterocycles. The van der Waals surface area contributed by atoms with Crippen molar-refractivity contribution < 1.29 is 9.59 Å². The van der Waals surface area contributed by atoms with Crippen molar-refractivity contribution in [1.82, 2.24) is 15.0 Å². The van der Waals surface area contributed by atoms with Gasteiger partial charge in [-0.15, -0.1) is 0 Å². The summed E-state index contributed by atoms with van der Waals surface area (Å²) in [5.74, 6) is 4.37. The summed E-state index contributed by atoms with van der Waals surface area (Å²) in [6.07, 6.45) is 1.87. The van der Waals surface area contributed by atoms with Gasteiger partial charge in [-0.25, -0.2) is 10.8 Å². The minimum Gasteiger partial charge on any atom is -0.329 e. The monoisotopic (exact) mass is 168 g/mol. The number of amides is 1. The first-order chi connectivity index (χ1) is 5.70. The Morgan fingerprint density at radius 3 is 3.00 bits per heavy atom. The summed E-state index contributed by atoms with van der Waals surface area (Å²) in [4.78, 5) is 25.1. The minimum absolute atomic E-state index is 0.0838. The smallest absolute Gasteiger partial charge is 0.284 e. The van der Waals surface area contributed by atoms with Gasteiger partial charge in [0.25, 0.3) is 5.91 Å². The summed E-state index contributed by atoms with van der Waals surface area (Å²) in [5.41, 5.74) is 2.17. The number of hydrogen-bond acceptors (Lipinski definition) is 4. The number of carbonyl (C=O) groups is 2. The van der Waals surface area contributed by atoms with Gasteiger partial charge in [0, 0.05) is 7.05 Å². The second-order valence-corrected chi connectivity index (χ2v) is 2.18. The van der Waals surface area contributed by atoms with E-state index in [-0.39, 0.29) is 11.4 Å².